The molecule has 1 heterocycles. The molecule has 0 saturated heterocycles. The van der Waals surface area contributed by atoms with Gasteiger partial charge in [0.1, 0.15) is 5.82 Å². The second kappa shape index (κ2) is 11.2. The van der Waals surface area contributed by atoms with Crippen molar-refractivity contribution in [1.82, 2.24) is 0 Å². The number of halogens is 1. The first-order valence-corrected chi connectivity index (χ1v) is 16.5. The van der Waals surface area contributed by atoms with E-state index in [-0.39, 0.29) is 11.2 Å². The number of nitrogens with zero attached hydrogens (tertiary/aromatic N) is 1. The molecule has 1 aliphatic heterocycles. The van der Waals surface area contributed by atoms with E-state index in [2.05, 4.69) is 116 Å². The normalized spacial score (nSPS) is 13.3. The van der Waals surface area contributed by atoms with E-state index < -0.39 is 0 Å². The molecule has 0 saturated carbocycles. The zero-order chi connectivity index (χ0) is 33.1. The Morgan fingerprint density at radius 1 is 0.429 bits per heavy atom. The van der Waals surface area contributed by atoms with Crippen LogP contribution in [0.2, 0.25) is 0 Å². The molecule has 236 valence electrons. The molecule has 0 unspecified atom stereocenters. The van der Waals surface area contributed by atoms with Gasteiger partial charge >= 0.3 is 0 Å². The molecule has 7 aromatic carbocycles. The standard InChI is InChI=1S/C45H32FNO2/c1-45(2)39-8-4-3-7-37(39)38-25-24-36(28-40(38)45)47(34-20-13-30(14-21-34)29-11-18-33(46)19-12-29)35-22-15-31(16-23-35)32-17-26-43-44(27-32)49-42-10-6-5-9-41(42)48-43/h3-28H,1-2H3. The molecule has 0 fully saturated rings. The SMILES string of the molecule is CC1(C)c2ccccc2-c2ccc(N(c3ccc(-c4ccc(F)cc4)cc3)c3ccc(-c4ccc5c(c4)Oc4ccccc4O5)cc3)cc21. The molecule has 0 spiro atoms. The monoisotopic (exact) mass is 637 g/mol. The Morgan fingerprint density at radius 2 is 0.918 bits per heavy atom. The summed E-state index contributed by atoms with van der Waals surface area (Å²) in [6.07, 6.45) is 0. The quantitative estimate of drug-likeness (QED) is 0.187. The summed E-state index contributed by atoms with van der Waals surface area (Å²) in [6, 6.07) is 53.1. The highest BCUT2D eigenvalue weighted by molar-refractivity contribution is 5.86. The highest BCUT2D eigenvalue weighted by Gasteiger charge is 2.35. The minimum absolute atomic E-state index is 0.122. The second-order valence-corrected chi connectivity index (χ2v) is 13.1. The van der Waals surface area contributed by atoms with Crippen LogP contribution >= 0.6 is 0 Å². The van der Waals surface area contributed by atoms with Crippen molar-refractivity contribution in [1.29, 1.82) is 0 Å². The number of rotatable bonds is 5. The number of hydrogen-bond donors (Lipinski definition) is 0. The fourth-order valence-electron chi connectivity index (χ4n) is 7.23. The number of hydrogen-bond acceptors (Lipinski definition) is 3. The van der Waals surface area contributed by atoms with Gasteiger partial charge in [-0.15, -0.1) is 0 Å². The number of anilines is 3. The first kappa shape index (κ1) is 29.0. The summed E-state index contributed by atoms with van der Waals surface area (Å²) in [6.45, 7) is 4.62. The van der Waals surface area contributed by atoms with E-state index in [1.54, 1.807) is 0 Å². The van der Waals surface area contributed by atoms with Crippen LogP contribution in [0.15, 0.2) is 158 Å². The van der Waals surface area contributed by atoms with Crippen LogP contribution in [0.5, 0.6) is 23.0 Å². The summed E-state index contributed by atoms with van der Waals surface area (Å²) in [5.74, 6) is 2.60. The Balaban J connectivity index is 1.10. The fourth-order valence-corrected chi connectivity index (χ4v) is 7.23. The first-order valence-electron chi connectivity index (χ1n) is 16.5. The van der Waals surface area contributed by atoms with Crippen LogP contribution in [0.1, 0.15) is 25.0 Å². The number of ether oxygens (including phenoxy) is 2. The Kier molecular flexibility index (Phi) is 6.66. The van der Waals surface area contributed by atoms with Gasteiger partial charge in [0.15, 0.2) is 23.0 Å². The van der Waals surface area contributed by atoms with E-state index in [1.807, 2.05) is 48.5 Å². The summed E-state index contributed by atoms with van der Waals surface area (Å²) >= 11 is 0. The van der Waals surface area contributed by atoms with Crippen molar-refractivity contribution in [2.75, 3.05) is 4.90 Å². The van der Waals surface area contributed by atoms with Crippen molar-refractivity contribution in [3.05, 3.63) is 175 Å². The van der Waals surface area contributed by atoms with Gasteiger partial charge in [0, 0.05) is 22.5 Å². The van der Waals surface area contributed by atoms with Crippen LogP contribution in [0.25, 0.3) is 33.4 Å². The highest BCUT2D eigenvalue weighted by Crippen LogP contribution is 2.51. The zero-order valence-electron chi connectivity index (χ0n) is 27.2. The largest absolute Gasteiger partial charge is 0.450 e. The summed E-state index contributed by atoms with van der Waals surface area (Å²) < 4.78 is 25.9. The van der Waals surface area contributed by atoms with Crippen molar-refractivity contribution < 1.29 is 13.9 Å². The smallest absolute Gasteiger partial charge is 0.170 e. The maximum atomic E-state index is 13.6. The van der Waals surface area contributed by atoms with Crippen LogP contribution in [-0.2, 0) is 5.41 Å². The first-order chi connectivity index (χ1) is 23.9. The molecule has 1 aliphatic carbocycles. The summed E-state index contributed by atoms with van der Waals surface area (Å²) in [7, 11) is 0. The predicted octanol–water partition coefficient (Wildman–Crippen LogP) is 12.8. The Hall–Kier alpha value is -6.13. The van der Waals surface area contributed by atoms with Crippen molar-refractivity contribution >= 4 is 17.1 Å². The molecule has 0 radical (unpaired) electrons. The van der Waals surface area contributed by atoms with E-state index in [0.717, 1.165) is 45.1 Å². The third-order valence-corrected chi connectivity index (χ3v) is 9.82. The van der Waals surface area contributed by atoms with Gasteiger partial charge < -0.3 is 14.4 Å². The van der Waals surface area contributed by atoms with Crippen molar-refractivity contribution in [3.63, 3.8) is 0 Å². The van der Waals surface area contributed by atoms with E-state index in [9.17, 15) is 4.39 Å². The van der Waals surface area contributed by atoms with Crippen molar-refractivity contribution in [2.45, 2.75) is 19.3 Å². The van der Waals surface area contributed by atoms with Crippen LogP contribution in [0.4, 0.5) is 21.5 Å². The lowest BCUT2D eigenvalue weighted by molar-refractivity contribution is 0.360. The molecule has 2 aliphatic rings. The average Bonchev–Trinajstić information content (AvgIpc) is 3.37. The fraction of sp³-hybridized carbons (Fsp3) is 0.0667. The minimum Gasteiger partial charge on any atom is -0.450 e. The topological polar surface area (TPSA) is 21.7 Å². The molecular formula is C45H32FNO2. The molecule has 0 atom stereocenters. The van der Waals surface area contributed by atoms with Crippen molar-refractivity contribution in [2.24, 2.45) is 0 Å². The molecule has 49 heavy (non-hydrogen) atoms. The van der Waals surface area contributed by atoms with Crippen LogP contribution in [-0.4, -0.2) is 0 Å². The van der Waals surface area contributed by atoms with Gasteiger partial charge in [0.05, 0.1) is 0 Å². The van der Waals surface area contributed by atoms with Gasteiger partial charge in [-0.3, -0.25) is 0 Å². The van der Waals surface area contributed by atoms with E-state index in [0.29, 0.717) is 17.2 Å². The van der Waals surface area contributed by atoms with Crippen LogP contribution in [0.3, 0.4) is 0 Å². The average molecular weight is 638 g/mol. The van der Waals surface area contributed by atoms with Gasteiger partial charge in [-0.1, -0.05) is 98.8 Å². The zero-order valence-corrected chi connectivity index (χ0v) is 27.2. The van der Waals surface area contributed by atoms with Gasteiger partial charge in [-0.05, 0) is 117 Å². The van der Waals surface area contributed by atoms with E-state index in [4.69, 9.17) is 9.47 Å². The van der Waals surface area contributed by atoms with Gasteiger partial charge in [0.2, 0.25) is 0 Å². The van der Waals surface area contributed by atoms with Crippen LogP contribution in [0, 0.1) is 5.82 Å². The molecule has 3 nitrogen and oxygen atoms in total. The lowest BCUT2D eigenvalue weighted by Crippen LogP contribution is -2.16. The predicted molar refractivity (Wildman–Crippen MR) is 196 cm³/mol. The third-order valence-electron chi connectivity index (χ3n) is 9.82. The highest BCUT2D eigenvalue weighted by atomic mass is 19.1. The van der Waals surface area contributed by atoms with E-state index in [1.165, 1.54) is 34.4 Å². The molecule has 0 N–H and O–H groups in total. The molecule has 0 aromatic heterocycles. The summed E-state index contributed by atoms with van der Waals surface area (Å²) in [4.78, 5) is 2.30. The molecule has 4 heteroatoms. The summed E-state index contributed by atoms with van der Waals surface area (Å²) in [5.41, 5.74) is 12.4. The van der Waals surface area contributed by atoms with Crippen LogP contribution < -0.4 is 14.4 Å². The minimum atomic E-state index is -0.238. The number of benzene rings is 7. The van der Waals surface area contributed by atoms with Gasteiger partial charge in [-0.2, -0.15) is 0 Å². The number of fused-ring (bicyclic) bond motifs is 5. The summed E-state index contributed by atoms with van der Waals surface area (Å²) in [5, 5.41) is 0. The Bertz CT molecular complexity index is 2360. The number of para-hydroxylation sites is 2. The van der Waals surface area contributed by atoms with Gasteiger partial charge in [0.25, 0.3) is 0 Å². The van der Waals surface area contributed by atoms with Gasteiger partial charge in [-0.25, -0.2) is 4.39 Å². The molecule has 0 bridgehead atoms. The third kappa shape index (κ3) is 4.96. The lowest BCUT2D eigenvalue weighted by atomic mass is 9.82. The maximum Gasteiger partial charge on any atom is 0.170 e. The molecule has 9 rings (SSSR count). The second-order valence-electron chi connectivity index (χ2n) is 13.1. The molecular weight excluding hydrogens is 605 g/mol. The molecule has 7 aromatic rings. The Morgan fingerprint density at radius 3 is 1.59 bits per heavy atom. The molecule has 0 amide bonds. The van der Waals surface area contributed by atoms with E-state index >= 15 is 0 Å². The van der Waals surface area contributed by atoms with Crippen molar-refractivity contribution in [3.8, 4) is 56.4 Å². The lowest BCUT2D eigenvalue weighted by Gasteiger charge is -2.28. The maximum absolute atomic E-state index is 13.6. The Labute approximate surface area is 285 Å².